The molecule has 2 aromatic rings. The van der Waals surface area contributed by atoms with Crippen LogP contribution in [0.3, 0.4) is 0 Å². The molecule has 0 saturated carbocycles. The van der Waals surface area contributed by atoms with Crippen LogP contribution in [0.15, 0.2) is 36.5 Å². The number of hydrogen-bond acceptors (Lipinski definition) is 3. The third-order valence-corrected chi connectivity index (χ3v) is 2.89. The van der Waals surface area contributed by atoms with Crippen LogP contribution in [-0.4, -0.2) is 29.7 Å². The summed E-state index contributed by atoms with van der Waals surface area (Å²) in [6, 6.07) is 9.35. The van der Waals surface area contributed by atoms with Gasteiger partial charge in [0.1, 0.15) is 5.69 Å². The minimum Gasteiger partial charge on any atom is -0.378 e. The van der Waals surface area contributed by atoms with Crippen molar-refractivity contribution < 1.29 is 4.79 Å². The van der Waals surface area contributed by atoms with Gasteiger partial charge < -0.3 is 4.90 Å². The number of benzene rings is 1. The average Bonchev–Trinajstić information content (AvgIpc) is 2.86. The van der Waals surface area contributed by atoms with E-state index in [4.69, 9.17) is 0 Å². The molecule has 0 aliphatic rings. The van der Waals surface area contributed by atoms with E-state index < -0.39 is 0 Å². The van der Waals surface area contributed by atoms with Gasteiger partial charge >= 0.3 is 0 Å². The van der Waals surface area contributed by atoms with E-state index in [0.29, 0.717) is 17.8 Å². The first-order valence-electron chi connectivity index (χ1n) is 5.97. The van der Waals surface area contributed by atoms with Crippen LogP contribution in [0.25, 0.3) is 0 Å². The fourth-order valence-corrected chi connectivity index (χ4v) is 1.84. The monoisotopic (exact) mass is 243 g/mol. The van der Waals surface area contributed by atoms with Crippen LogP contribution >= 0.6 is 0 Å². The standard InChI is InChI=1S/C14H17N3O/c1-4-17-13(9-10-15-17)14(18)11-5-7-12(8-6-11)16(2)3/h5-10H,4H2,1-3H3. The number of anilines is 1. The van der Waals surface area contributed by atoms with E-state index in [-0.39, 0.29) is 5.78 Å². The first-order chi connectivity index (χ1) is 8.63. The zero-order valence-electron chi connectivity index (χ0n) is 10.9. The predicted octanol–water partition coefficient (Wildman–Crippen LogP) is 2.20. The van der Waals surface area contributed by atoms with E-state index in [1.165, 1.54) is 0 Å². The zero-order chi connectivity index (χ0) is 13.1. The van der Waals surface area contributed by atoms with Crippen molar-refractivity contribution in [2.45, 2.75) is 13.5 Å². The van der Waals surface area contributed by atoms with Crippen molar-refractivity contribution in [2.75, 3.05) is 19.0 Å². The van der Waals surface area contributed by atoms with Gasteiger partial charge in [0.25, 0.3) is 0 Å². The summed E-state index contributed by atoms with van der Waals surface area (Å²) in [5, 5.41) is 4.11. The van der Waals surface area contributed by atoms with Crippen LogP contribution in [0.5, 0.6) is 0 Å². The van der Waals surface area contributed by atoms with Crippen LogP contribution in [0.4, 0.5) is 5.69 Å². The Hall–Kier alpha value is -2.10. The van der Waals surface area contributed by atoms with Gasteiger partial charge in [-0.15, -0.1) is 0 Å². The highest BCUT2D eigenvalue weighted by Gasteiger charge is 2.13. The van der Waals surface area contributed by atoms with Crippen molar-refractivity contribution in [1.29, 1.82) is 0 Å². The fourth-order valence-electron chi connectivity index (χ4n) is 1.84. The third-order valence-electron chi connectivity index (χ3n) is 2.89. The summed E-state index contributed by atoms with van der Waals surface area (Å²) in [7, 11) is 3.95. The Morgan fingerprint density at radius 3 is 2.44 bits per heavy atom. The lowest BCUT2D eigenvalue weighted by molar-refractivity contribution is 0.102. The molecule has 0 aliphatic carbocycles. The van der Waals surface area contributed by atoms with Crippen LogP contribution in [0.2, 0.25) is 0 Å². The summed E-state index contributed by atoms with van der Waals surface area (Å²) in [5.74, 6) is 0.0136. The predicted molar refractivity (Wildman–Crippen MR) is 72.1 cm³/mol. The molecule has 94 valence electrons. The number of carbonyl (C=O) groups excluding carboxylic acids is 1. The van der Waals surface area contributed by atoms with Gasteiger partial charge in [-0.25, -0.2) is 0 Å². The Morgan fingerprint density at radius 2 is 1.89 bits per heavy atom. The smallest absolute Gasteiger partial charge is 0.211 e. The van der Waals surface area contributed by atoms with E-state index in [1.54, 1.807) is 16.9 Å². The fraction of sp³-hybridized carbons (Fsp3) is 0.286. The van der Waals surface area contributed by atoms with Gasteiger partial charge in [0, 0.05) is 38.1 Å². The first-order valence-corrected chi connectivity index (χ1v) is 5.97. The molecule has 1 aromatic carbocycles. The summed E-state index contributed by atoms with van der Waals surface area (Å²) in [6.07, 6.45) is 1.66. The van der Waals surface area contributed by atoms with Gasteiger partial charge in [0.2, 0.25) is 5.78 Å². The minimum atomic E-state index is 0.0136. The average molecular weight is 243 g/mol. The molecule has 0 N–H and O–H groups in total. The van der Waals surface area contributed by atoms with E-state index in [9.17, 15) is 4.79 Å². The quantitative estimate of drug-likeness (QED) is 0.773. The highest BCUT2D eigenvalue weighted by atomic mass is 16.1. The molecular weight excluding hydrogens is 226 g/mol. The van der Waals surface area contributed by atoms with Gasteiger partial charge in [-0.05, 0) is 37.3 Å². The Balaban J connectivity index is 2.29. The molecule has 1 heterocycles. The van der Waals surface area contributed by atoms with Crippen molar-refractivity contribution in [3.05, 3.63) is 47.8 Å². The second-order valence-corrected chi connectivity index (χ2v) is 4.30. The molecule has 0 aliphatic heterocycles. The van der Waals surface area contributed by atoms with Crippen molar-refractivity contribution in [1.82, 2.24) is 9.78 Å². The third kappa shape index (κ3) is 2.27. The van der Waals surface area contributed by atoms with Crippen LogP contribution < -0.4 is 4.90 Å². The van der Waals surface area contributed by atoms with Crippen molar-refractivity contribution >= 4 is 11.5 Å². The van der Waals surface area contributed by atoms with Crippen molar-refractivity contribution in [3.8, 4) is 0 Å². The summed E-state index contributed by atoms with van der Waals surface area (Å²) >= 11 is 0. The molecule has 0 unspecified atom stereocenters. The number of nitrogens with zero attached hydrogens (tertiary/aromatic N) is 3. The minimum absolute atomic E-state index is 0.0136. The molecular formula is C14H17N3O. The topological polar surface area (TPSA) is 38.1 Å². The number of aryl methyl sites for hydroxylation is 1. The molecule has 18 heavy (non-hydrogen) atoms. The zero-order valence-corrected chi connectivity index (χ0v) is 10.9. The van der Waals surface area contributed by atoms with Crippen molar-refractivity contribution in [3.63, 3.8) is 0 Å². The molecule has 0 spiro atoms. The molecule has 0 atom stereocenters. The van der Waals surface area contributed by atoms with Gasteiger partial charge in [-0.1, -0.05) is 0 Å². The molecule has 4 heteroatoms. The molecule has 1 aromatic heterocycles. The second kappa shape index (κ2) is 5.04. The SMILES string of the molecule is CCn1nccc1C(=O)c1ccc(N(C)C)cc1. The normalized spacial score (nSPS) is 10.4. The summed E-state index contributed by atoms with van der Waals surface area (Å²) in [5.41, 5.74) is 2.40. The van der Waals surface area contributed by atoms with E-state index in [2.05, 4.69) is 5.10 Å². The Morgan fingerprint density at radius 1 is 1.22 bits per heavy atom. The van der Waals surface area contributed by atoms with Crippen LogP contribution in [-0.2, 0) is 6.54 Å². The lowest BCUT2D eigenvalue weighted by Crippen LogP contribution is -2.11. The van der Waals surface area contributed by atoms with Gasteiger partial charge in [-0.2, -0.15) is 5.10 Å². The second-order valence-electron chi connectivity index (χ2n) is 4.30. The molecule has 0 saturated heterocycles. The maximum Gasteiger partial charge on any atom is 0.211 e. The maximum atomic E-state index is 12.3. The highest BCUT2D eigenvalue weighted by Crippen LogP contribution is 2.15. The number of hydrogen-bond donors (Lipinski definition) is 0. The Kier molecular flexibility index (Phi) is 3.46. The Bertz CT molecular complexity index is 540. The van der Waals surface area contributed by atoms with Crippen molar-refractivity contribution in [2.24, 2.45) is 0 Å². The summed E-state index contributed by atoms with van der Waals surface area (Å²) < 4.78 is 1.71. The largest absolute Gasteiger partial charge is 0.378 e. The molecule has 0 amide bonds. The number of ketones is 1. The molecule has 0 bridgehead atoms. The molecule has 0 radical (unpaired) electrons. The lowest BCUT2D eigenvalue weighted by atomic mass is 10.1. The van der Waals surface area contributed by atoms with Crippen LogP contribution in [0.1, 0.15) is 23.0 Å². The van der Waals surface area contributed by atoms with Crippen LogP contribution in [0, 0.1) is 0 Å². The number of rotatable bonds is 4. The molecule has 4 nitrogen and oxygen atoms in total. The van der Waals surface area contributed by atoms with E-state index in [1.807, 2.05) is 50.2 Å². The molecule has 2 rings (SSSR count). The van der Waals surface area contributed by atoms with Gasteiger partial charge in [0.05, 0.1) is 0 Å². The number of carbonyl (C=O) groups is 1. The Labute approximate surface area is 107 Å². The lowest BCUT2D eigenvalue weighted by Gasteiger charge is -2.12. The van der Waals surface area contributed by atoms with Gasteiger partial charge in [0.15, 0.2) is 0 Å². The van der Waals surface area contributed by atoms with Gasteiger partial charge in [-0.3, -0.25) is 9.48 Å². The maximum absolute atomic E-state index is 12.3. The first kappa shape index (κ1) is 12.4. The molecule has 0 fully saturated rings. The summed E-state index contributed by atoms with van der Waals surface area (Å²) in [4.78, 5) is 14.3. The van der Waals surface area contributed by atoms with E-state index >= 15 is 0 Å². The highest BCUT2D eigenvalue weighted by molar-refractivity contribution is 6.08. The van der Waals surface area contributed by atoms with E-state index in [0.717, 1.165) is 5.69 Å². The summed E-state index contributed by atoms with van der Waals surface area (Å²) in [6.45, 7) is 2.67. The number of aromatic nitrogens is 2.